The number of hydrogen-bond donors (Lipinski definition) is 2. The number of nitrogens with zero attached hydrogens (tertiary/aromatic N) is 3. The molecule has 0 atom stereocenters. The predicted octanol–water partition coefficient (Wildman–Crippen LogP) is 3.17. The minimum atomic E-state index is -0.502. The number of aromatic nitrogens is 1. The third-order valence-corrected chi connectivity index (χ3v) is 5.47. The molecule has 2 heterocycles. The van der Waals surface area contributed by atoms with Crippen LogP contribution in [0.1, 0.15) is 22.5 Å². The molecular formula is C24H17N5O4. The van der Waals surface area contributed by atoms with E-state index in [2.05, 4.69) is 23.7 Å². The number of H-pyrrole nitrogens is 1. The van der Waals surface area contributed by atoms with Crippen LogP contribution in [-0.4, -0.2) is 17.0 Å². The van der Waals surface area contributed by atoms with E-state index >= 15 is 0 Å². The molecule has 1 aliphatic heterocycles. The number of furan rings is 1. The fourth-order valence-corrected chi connectivity index (χ4v) is 3.88. The first-order valence-corrected chi connectivity index (χ1v) is 9.67. The number of non-ortho nitro benzene ring substituents is 1. The van der Waals surface area contributed by atoms with Gasteiger partial charge in [-0.1, -0.05) is 6.58 Å². The number of benzene rings is 1. The lowest BCUT2D eigenvalue weighted by molar-refractivity contribution is -0.384. The Balaban J connectivity index is 1.91. The van der Waals surface area contributed by atoms with E-state index in [1.807, 2.05) is 0 Å². The SMILES string of the molecule is C=c1c(C#N)c2[nH]c(N)c(C#N)c(C)c-2/c1=C\c1ccc(-c2ccc([N+](=O)[O-])cc2OC)o1. The van der Waals surface area contributed by atoms with Crippen LogP contribution in [-0.2, 0) is 0 Å². The summed E-state index contributed by atoms with van der Waals surface area (Å²) in [7, 11) is 1.42. The second-order valence-electron chi connectivity index (χ2n) is 7.27. The number of ether oxygens (including phenoxy) is 1. The summed E-state index contributed by atoms with van der Waals surface area (Å²) in [6, 6.07) is 11.9. The average Bonchev–Trinajstić information content (AvgIpc) is 3.36. The number of fused-ring (bicyclic) bond motifs is 1. The second-order valence-corrected chi connectivity index (χ2v) is 7.27. The molecule has 0 amide bonds. The molecule has 0 saturated carbocycles. The van der Waals surface area contributed by atoms with E-state index in [0.717, 1.165) is 0 Å². The van der Waals surface area contributed by atoms with Gasteiger partial charge in [-0.15, -0.1) is 0 Å². The largest absolute Gasteiger partial charge is 0.496 e. The molecule has 3 N–H and O–H groups in total. The number of nitro benzene ring substituents is 1. The average molecular weight is 439 g/mol. The third kappa shape index (κ3) is 3.34. The van der Waals surface area contributed by atoms with E-state index in [0.29, 0.717) is 61.2 Å². The van der Waals surface area contributed by atoms with Crippen molar-refractivity contribution in [2.24, 2.45) is 0 Å². The number of nitrogens with one attached hydrogen (secondary N) is 1. The van der Waals surface area contributed by atoms with Crippen molar-refractivity contribution in [3.63, 3.8) is 0 Å². The van der Waals surface area contributed by atoms with Gasteiger partial charge >= 0.3 is 0 Å². The lowest BCUT2D eigenvalue weighted by atomic mass is 10.0. The Kier molecular flexibility index (Phi) is 5.09. The zero-order valence-corrected chi connectivity index (χ0v) is 17.7. The van der Waals surface area contributed by atoms with Crippen LogP contribution in [0.5, 0.6) is 5.75 Å². The molecule has 9 nitrogen and oxygen atoms in total. The van der Waals surface area contributed by atoms with Crippen molar-refractivity contribution >= 4 is 24.2 Å². The summed E-state index contributed by atoms with van der Waals surface area (Å²) in [4.78, 5) is 13.5. The highest BCUT2D eigenvalue weighted by Gasteiger charge is 2.22. The Morgan fingerprint density at radius 1 is 1.24 bits per heavy atom. The number of nitrogen functional groups attached to an aromatic ring is 1. The molecule has 1 aromatic heterocycles. The molecule has 0 fully saturated rings. The maximum atomic E-state index is 11.0. The Labute approximate surface area is 187 Å². The molecule has 0 spiro atoms. The van der Waals surface area contributed by atoms with E-state index < -0.39 is 4.92 Å². The van der Waals surface area contributed by atoms with Gasteiger partial charge in [0.25, 0.3) is 5.69 Å². The number of anilines is 1. The number of hydrogen-bond acceptors (Lipinski definition) is 7. The van der Waals surface area contributed by atoms with E-state index in [-0.39, 0.29) is 11.5 Å². The molecule has 2 aliphatic rings. The molecule has 2 aromatic rings. The van der Waals surface area contributed by atoms with Gasteiger partial charge in [-0.2, -0.15) is 10.5 Å². The zero-order chi connectivity index (χ0) is 23.9. The molecule has 33 heavy (non-hydrogen) atoms. The van der Waals surface area contributed by atoms with E-state index in [9.17, 15) is 20.6 Å². The van der Waals surface area contributed by atoms with E-state index in [1.165, 1.54) is 19.2 Å². The normalized spacial score (nSPS) is 11.3. The summed E-state index contributed by atoms with van der Waals surface area (Å²) in [5, 5.41) is 31.3. The third-order valence-electron chi connectivity index (χ3n) is 5.47. The standard InChI is InChI=1S/C24H17N5O4/c1-12-17(22-13(2)19(11-26)24(27)28-23(22)18(12)10-25)9-15-5-7-20(33-15)16-6-4-14(29(30)31)8-21(16)32-3/h4-9,28H,1,27H2,2-3H3/b17-9-. The number of pyridine rings is 1. The highest BCUT2D eigenvalue weighted by Crippen LogP contribution is 2.34. The monoisotopic (exact) mass is 439 g/mol. The van der Waals surface area contributed by atoms with Crippen LogP contribution in [0.3, 0.4) is 0 Å². The quantitative estimate of drug-likeness (QED) is 0.365. The van der Waals surface area contributed by atoms with Gasteiger partial charge in [0.05, 0.1) is 40.5 Å². The highest BCUT2D eigenvalue weighted by atomic mass is 16.6. The molecule has 0 saturated heterocycles. The summed E-state index contributed by atoms with van der Waals surface area (Å²) >= 11 is 0. The summed E-state index contributed by atoms with van der Waals surface area (Å²) in [6.45, 7) is 5.81. The molecule has 4 rings (SSSR count). The van der Waals surface area contributed by atoms with Gasteiger partial charge in [0.2, 0.25) is 0 Å². The number of methoxy groups -OCH3 is 1. The second kappa shape index (κ2) is 7.91. The fourth-order valence-electron chi connectivity index (χ4n) is 3.88. The smallest absolute Gasteiger partial charge is 0.273 e. The Morgan fingerprint density at radius 2 is 1.97 bits per heavy atom. The van der Waals surface area contributed by atoms with Crippen LogP contribution in [0, 0.1) is 39.7 Å². The molecule has 0 radical (unpaired) electrons. The van der Waals surface area contributed by atoms with Crippen LogP contribution in [0.2, 0.25) is 0 Å². The first-order chi connectivity index (χ1) is 15.8. The van der Waals surface area contributed by atoms with Crippen LogP contribution < -0.4 is 20.9 Å². The van der Waals surface area contributed by atoms with E-state index in [4.69, 9.17) is 14.9 Å². The maximum Gasteiger partial charge on any atom is 0.273 e. The van der Waals surface area contributed by atoms with Crippen molar-refractivity contribution in [3.05, 3.63) is 73.3 Å². The van der Waals surface area contributed by atoms with Crippen LogP contribution in [0.4, 0.5) is 11.5 Å². The number of nitrogens with two attached hydrogens (primary N) is 1. The number of nitro groups is 1. The lowest BCUT2D eigenvalue weighted by Crippen LogP contribution is -2.21. The highest BCUT2D eigenvalue weighted by molar-refractivity contribution is 5.81. The van der Waals surface area contributed by atoms with Gasteiger partial charge in [-0.25, -0.2) is 0 Å². The van der Waals surface area contributed by atoms with Gasteiger partial charge < -0.3 is 19.9 Å². The van der Waals surface area contributed by atoms with Crippen molar-refractivity contribution in [3.8, 4) is 40.5 Å². The number of rotatable bonds is 4. The van der Waals surface area contributed by atoms with Crippen molar-refractivity contribution in [1.29, 1.82) is 10.5 Å². The first kappa shape index (κ1) is 21.2. The number of aromatic amines is 1. The van der Waals surface area contributed by atoms with Gasteiger partial charge in [0.1, 0.15) is 35.2 Å². The first-order valence-electron chi connectivity index (χ1n) is 9.67. The lowest BCUT2D eigenvalue weighted by Gasteiger charge is -2.10. The number of nitriles is 2. The maximum absolute atomic E-state index is 11.0. The zero-order valence-electron chi connectivity index (χ0n) is 17.7. The van der Waals surface area contributed by atoms with Gasteiger partial charge in [-0.05, 0) is 47.2 Å². The Bertz CT molecular complexity index is 1600. The molecule has 162 valence electrons. The summed E-state index contributed by atoms with van der Waals surface area (Å²) in [5.74, 6) is 1.39. The molecular weight excluding hydrogens is 422 g/mol. The van der Waals surface area contributed by atoms with Crippen LogP contribution in [0.25, 0.3) is 35.2 Å². The van der Waals surface area contributed by atoms with Crippen molar-refractivity contribution in [2.75, 3.05) is 12.8 Å². The molecule has 9 heteroatoms. The van der Waals surface area contributed by atoms with Crippen LogP contribution in [0.15, 0.2) is 34.7 Å². The fraction of sp³-hybridized carbons (Fsp3) is 0.0833. The summed E-state index contributed by atoms with van der Waals surface area (Å²) < 4.78 is 11.3. The minimum absolute atomic E-state index is 0.0952. The molecule has 1 aliphatic carbocycles. The van der Waals surface area contributed by atoms with E-state index in [1.54, 1.807) is 31.2 Å². The molecule has 0 bridgehead atoms. The van der Waals surface area contributed by atoms with Crippen LogP contribution >= 0.6 is 0 Å². The molecule has 0 unspecified atom stereocenters. The van der Waals surface area contributed by atoms with Crippen molar-refractivity contribution in [1.82, 2.24) is 4.98 Å². The predicted molar refractivity (Wildman–Crippen MR) is 122 cm³/mol. The van der Waals surface area contributed by atoms with Gasteiger partial charge in [-0.3, -0.25) is 10.1 Å². The minimum Gasteiger partial charge on any atom is -0.496 e. The summed E-state index contributed by atoms with van der Waals surface area (Å²) in [6.07, 6.45) is 1.73. The van der Waals surface area contributed by atoms with Crippen molar-refractivity contribution in [2.45, 2.75) is 6.92 Å². The van der Waals surface area contributed by atoms with Gasteiger partial charge in [0.15, 0.2) is 0 Å². The van der Waals surface area contributed by atoms with Gasteiger partial charge in [0, 0.05) is 11.6 Å². The Morgan fingerprint density at radius 3 is 2.61 bits per heavy atom. The Hall–Kier alpha value is -5.02. The topological polar surface area (TPSA) is 155 Å². The van der Waals surface area contributed by atoms with Crippen molar-refractivity contribution < 1.29 is 14.1 Å². The summed E-state index contributed by atoms with van der Waals surface area (Å²) in [5.41, 5.74) is 8.84. The molecule has 1 aromatic carbocycles.